The largest absolute Gasteiger partial charge is 0.340 e. The normalized spacial score (nSPS) is 17.3. The van der Waals surface area contributed by atoms with Gasteiger partial charge in [-0.05, 0) is 18.9 Å². The molecule has 0 bridgehead atoms. The highest BCUT2D eigenvalue weighted by Crippen LogP contribution is 2.31. The van der Waals surface area contributed by atoms with Crippen LogP contribution in [-0.4, -0.2) is 43.0 Å². The SMILES string of the molecule is c1cnc(N2CCCC(c3nccnc3Nc3cnccn3)C2)nc1. The molecule has 25 heavy (non-hydrogen) atoms. The lowest BCUT2D eigenvalue weighted by molar-refractivity contribution is 0.495. The molecular weight excluding hydrogens is 316 g/mol. The molecule has 1 aliphatic rings. The summed E-state index contributed by atoms with van der Waals surface area (Å²) >= 11 is 0. The van der Waals surface area contributed by atoms with E-state index in [1.54, 1.807) is 43.4 Å². The minimum absolute atomic E-state index is 0.255. The van der Waals surface area contributed by atoms with Crippen LogP contribution in [0.25, 0.3) is 0 Å². The maximum Gasteiger partial charge on any atom is 0.225 e. The van der Waals surface area contributed by atoms with E-state index in [9.17, 15) is 0 Å². The van der Waals surface area contributed by atoms with Crippen LogP contribution < -0.4 is 10.2 Å². The topological polar surface area (TPSA) is 92.6 Å². The molecule has 1 fully saturated rings. The molecule has 0 spiro atoms. The van der Waals surface area contributed by atoms with Gasteiger partial charge in [0.1, 0.15) is 5.82 Å². The first kappa shape index (κ1) is 15.4. The van der Waals surface area contributed by atoms with E-state index in [1.807, 2.05) is 6.07 Å². The Labute approximate surface area is 145 Å². The van der Waals surface area contributed by atoms with Crippen molar-refractivity contribution in [1.82, 2.24) is 29.9 Å². The van der Waals surface area contributed by atoms with Gasteiger partial charge in [0.05, 0.1) is 11.9 Å². The predicted molar refractivity (Wildman–Crippen MR) is 93.6 cm³/mol. The van der Waals surface area contributed by atoms with Crippen molar-refractivity contribution in [3.63, 3.8) is 0 Å². The van der Waals surface area contributed by atoms with Gasteiger partial charge in [-0.1, -0.05) is 0 Å². The molecule has 8 nitrogen and oxygen atoms in total. The van der Waals surface area contributed by atoms with Crippen LogP contribution >= 0.6 is 0 Å². The summed E-state index contributed by atoms with van der Waals surface area (Å²) in [6.45, 7) is 1.77. The van der Waals surface area contributed by atoms with Crippen molar-refractivity contribution >= 4 is 17.6 Å². The first-order valence-corrected chi connectivity index (χ1v) is 8.26. The monoisotopic (exact) mass is 334 g/mol. The van der Waals surface area contributed by atoms with Crippen molar-refractivity contribution in [2.45, 2.75) is 18.8 Å². The van der Waals surface area contributed by atoms with Gasteiger partial charge in [-0.2, -0.15) is 0 Å². The van der Waals surface area contributed by atoms with Crippen LogP contribution in [0, 0.1) is 0 Å². The molecule has 0 saturated carbocycles. The summed E-state index contributed by atoms with van der Waals surface area (Å²) in [5.74, 6) is 2.40. The zero-order valence-corrected chi connectivity index (χ0v) is 13.7. The number of hydrogen-bond donors (Lipinski definition) is 1. The number of aromatic nitrogens is 6. The van der Waals surface area contributed by atoms with Crippen LogP contribution in [0.3, 0.4) is 0 Å². The summed E-state index contributed by atoms with van der Waals surface area (Å²) in [5.41, 5.74) is 0.939. The standard InChI is InChI=1S/C17H18N8/c1-3-13(12-25(10-1)17-22-4-2-5-23-17)15-16(21-9-8-20-15)24-14-11-18-6-7-19-14/h2,4-9,11,13H,1,3,10,12H2,(H,19,21,24). The Morgan fingerprint density at radius 2 is 1.76 bits per heavy atom. The van der Waals surface area contributed by atoms with Crippen molar-refractivity contribution in [1.29, 1.82) is 0 Å². The quantitative estimate of drug-likeness (QED) is 0.776. The van der Waals surface area contributed by atoms with E-state index in [-0.39, 0.29) is 5.92 Å². The maximum absolute atomic E-state index is 4.59. The summed E-state index contributed by atoms with van der Waals surface area (Å²) in [6.07, 6.45) is 14.0. The molecule has 0 aliphatic carbocycles. The van der Waals surface area contributed by atoms with E-state index in [1.165, 1.54) is 0 Å². The molecule has 3 aromatic heterocycles. The number of anilines is 3. The van der Waals surface area contributed by atoms with E-state index in [0.29, 0.717) is 5.82 Å². The molecule has 0 radical (unpaired) electrons. The van der Waals surface area contributed by atoms with Crippen LogP contribution in [-0.2, 0) is 0 Å². The summed E-state index contributed by atoms with van der Waals surface area (Å²) < 4.78 is 0. The van der Waals surface area contributed by atoms with Gasteiger partial charge < -0.3 is 10.2 Å². The van der Waals surface area contributed by atoms with Gasteiger partial charge in [0, 0.05) is 56.2 Å². The fourth-order valence-corrected chi connectivity index (χ4v) is 3.07. The highest BCUT2D eigenvalue weighted by Gasteiger charge is 2.26. The minimum Gasteiger partial charge on any atom is -0.340 e. The second kappa shape index (κ2) is 7.16. The molecule has 1 atom stereocenters. The van der Waals surface area contributed by atoms with Gasteiger partial charge in [-0.3, -0.25) is 9.97 Å². The van der Waals surface area contributed by atoms with Gasteiger partial charge in [-0.15, -0.1) is 0 Å². The van der Waals surface area contributed by atoms with Gasteiger partial charge in [0.2, 0.25) is 5.95 Å². The Bertz CT molecular complexity index is 811. The molecule has 4 rings (SSSR count). The summed E-state index contributed by atoms with van der Waals surface area (Å²) in [5, 5.41) is 3.23. The number of nitrogens with zero attached hydrogens (tertiary/aromatic N) is 7. The third-order valence-corrected chi connectivity index (χ3v) is 4.18. The highest BCUT2D eigenvalue weighted by molar-refractivity contribution is 5.54. The van der Waals surface area contributed by atoms with Crippen LogP contribution in [0.4, 0.5) is 17.6 Å². The Hall–Kier alpha value is -3.16. The highest BCUT2D eigenvalue weighted by atomic mass is 15.3. The first-order chi connectivity index (χ1) is 12.4. The maximum atomic E-state index is 4.59. The van der Waals surface area contributed by atoms with Crippen molar-refractivity contribution in [3.05, 3.63) is 55.1 Å². The molecule has 4 heterocycles. The van der Waals surface area contributed by atoms with E-state index >= 15 is 0 Å². The predicted octanol–water partition coefficient (Wildman–Crippen LogP) is 2.18. The summed E-state index contributed by atoms with van der Waals surface area (Å²) in [4.78, 5) is 28.3. The number of nitrogens with one attached hydrogen (secondary N) is 1. The molecule has 3 aromatic rings. The summed E-state index contributed by atoms with van der Waals surface area (Å²) in [7, 11) is 0. The zero-order chi connectivity index (χ0) is 16.9. The fourth-order valence-electron chi connectivity index (χ4n) is 3.07. The van der Waals surface area contributed by atoms with Crippen molar-refractivity contribution < 1.29 is 0 Å². The number of rotatable bonds is 4. The lowest BCUT2D eigenvalue weighted by Gasteiger charge is -2.32. The molecule has 1 aliphatic heterocycles. The Kier molecular flexibility index (Phi) is 4.40. The molecule has 1 saturated heterocycles. The van der Waals surface area contributed by atoms with E-state index in [2.05, 4.69) is 40.1 Å². The van der Waals surface area contributed by atoms with E-state index in [4.69, 9.17) is 0 Å². The van der Waals surface area contributed by atoms with Crippen molar-refractivity contribution in [3.8, 4) is 0 Å². The smallest absolute Gasteiger partial charge is 0.225 e. The van der Waals surface area contributed by atoms with Gasteiger partial charge in [0.15, 0.2) is 5.82 Å². The Morgan fingerprint density at radius 1 is 0.920 bits per heavy atom. The van der Waals surface area contributed by atoms with E-state index in [0.717, 1.165) is 43.4 Å². The molecular formula is C17H18N8. The Balaban J connectivity index is 1.57. The molecule has 126 valence electrons. The first-order valence-electron chi connectivity index (χ1n) is 8.26. The fraction of sp³-hybridized carbons (Fsp3) is 0.294. The van der Waals surface area contributed by atoms with Gasteiger partial charge >= 0.3 is 0 Å². The third-order valence-electron chi connectivity index (χ3n) is 4.18. The third kappa shape index (κ3) is 3.52. The lowest BCUT2D eigenvalue weighted by atomic mass is 9.94. The average Bonchev–Trinajstić information content (AvgIpc) is 2.70. The molecule has 8 heteroatoms. The lowest BCUT2D eigenvalue weighted by Crippen LogP contribution is -2.36. The second-order valence-corrected chi connectivity index (χ2v) is 5.84. The van der Waals surface area contributed by atoms with Crippen LogP contribution in [0.1, 0.15) is 24.5 Å². The average molecular weight is 334 g/mol. The Morgan fingerprint density at radius 3 is 2.60 bits per heavy atom. The van der Waals surface area contributed by atoms with Crippen LogP contribution in [0.2, 0.25) is 0 Å². The molecule has 0 aromatic carbocycles. The summed E-state index contributed by atoms with van der Waals surface area (Å²) in [6, 6.07) is 1.83. The van der Waals surface area contributed by atoms with Crippen LogP contribution in [0.5, 0.6) is 0 Å². The molecule has 1 N–H and O–H groups in total. The number of hydrogen-bond acceptors (Lipinski definition) is 8. The molecule has 1 unspecified atom stereocenters. The van der Waals surface area contributed by atoms with Gasteiger partial charge in [0.25, 0.3) is 0 Å². The number of piperidine rings is 1. The van der Waals surface area contributed by atoms with Crippen LogP contribution in [0.15, 0.2) is 49.4 Å². The van der Waals surface area contributed by atoms with E-state index < -0.39 is 0 Å². The minimum atomic E-state index is 0.255. The van der Waals surface area contributed by atoms with Crippen molar-refractivity contribution in [2.75, 3.05) is 23.3 Å². The molecule has 0 amide bonds. The van der Waals surface area contributed by atoms with Gasteiger partial charge in [-0.25, -0.2) is 19.9 Å². The zero-order valence-electron chi connectivity index (χ0n) is 13.7. The second-order valence-electron chi connectivity index (χ2n) is 5.84. The van der Waals surface area contributed by atoms with Crippen molar-refractivity contribution in [2.24, 2.45) is 0 Å².